The number of urea groups is 1. The van der Waals surface area contributed by atoms with E-state index in [0.717, 1.165) is 41.8 Å². The Morgan fingerprint density at radius 1 is 1.35 bits per heavy atom. The Balaban J connectivity index is 1.45. The van der Waals surface area contributed by atoms with Gasteiger partial charge < -0.3 is 16.0 Å². The summed E-state index contributed by atoms with van der Waals surface area (Å²) in [5.74, 6) is 0.0569. The average molecular weight is 355 g/mol. The van der Waals surface area contributed by atoms with Gasteiger partial charge in [-0.3, -0.25) is 9.89 Å². The maximum absolute atomic E-state index is 12.1. The summed E-state index contributed by atoms with van der Waals surface area (Å²) in [5, 5.41) is 15.6. The Morgan fingerprint density at radius 3 is 2.96 bits per heavy atom. The highest BCUT2D eigenvalue weighted by Crippen LogP contribution is 2.26. The molecular formula is C19H25N5O2. The minimum absolute atomic E-state index is 0.0569. The number of rotatable bonds is 6. The summed E-state index contributed by atoms with van der Waals surface area (Å²) in [7, 11) is 0. The molecule has 4 N–H and O–H groups in total. The third-order valence-electron chi connectivity index (χ3n) is 4.72. The van der Waals surface area contributed by atoms with E-state index in [0.29, 0.717) is 13.0 Å². The van der Waals surface area contributed by atoms with E-state index in [1.807, 2.05) is 32.2 Å². The van der Waals surface area contributed by atoms with Gasteiger partial charge >= 0.3 is 6.03 Å². The highest BCUT2D eigenvalue weighted by atomic mass is 16.2. The highest BCUT2D eigenvalue weighted by Gasteiger charge is 2.17. The Morgan fingerprint density at radius 2 is 2.19 bits per heavy atom. The van der Waals surface area contributed by atoms with Crippen LogP contribution in [0.2, 0.25) is 0 Å². The molecule has 0 fully saturated rings. The highest BCUT2D eigenvalue weighted by molar-refractivity contribution is 5.93. The van der Waals surface area contributed by atoms with Crippen molar-refractivity contribution in [3.8, 4) is 0 Å². The summed E-state index contributed by atoms with van der Waals surface area (Å²) >= 11 is 0. The molecule has 1 atom stereocenters. The molecule has 3 amide bonds. The number of carbonyl (C=O) groups excluding carboxylic acids is 2. The molecule has 1 aromatic carbocycles. The third kappa shape index (κ3) is 4.41. The molecule has 7 heteroatoms. The van der Waals surface area contributed by atoms with Crippen LogP contribution in [0.5, 0.6) is 0 Å². The van der Waals surface area contributed by atoms with Crippen molar-refractivity contribution < 1.29 is 9.59 Å². The second-order valence-corrected chi connectivity index (χ2v) is 6.71. The van der Waals surface area contributed by atoms with Crippen LogP contribution < -0.4 is 16.0 Å². The van der Waals surface area contributed by atoms with Crippen LogP contribution in [0.15, 0.2) is 24.4 Å². The molecule has 0 spiro atoms. The summed E-state index contributed by atoms with van der Waals surface area (Å²) in [6.07, 6.45) is 4.82. The number of fused-ring (bicyclic) bond motifs is 1. The molecule has 2 heterocycles. The first-order chi connectivity index (χ1) is 12.5. The minimum Gasteiger partial charge on any atom is -0.338 e. The molecule has 7 nitrogen and oxygen atoms in total. The molecule has 1 aliphatic heterocycles. The maximum Gasteiger partial charge on any atom is 0.315 e. The number of aromatic nitrogens is 2. The second-order valence-electron chi connectivity index (χ2n) is 6.71. The summed E-state index contributed by atoms with van der Waals surface area (Å²) in [6, 6.07) is 5.63. The van der Waals surface area contributed by atoms with Crippen LogP contribution >= 0.6 is 0 Å². The largest absolute Gasteiger partial charge is 0.338 e. The summed E-state index contributed by atoms with van der Waals surface area (Å²) < 4.78 is 0. The molecule has 3 rings (SSSR count). The van der Waals surface area contributed by atoms with Crippen LogP contribution in [0, 0.1) is 6.92 Å². The van der Waals surface area contributed by atoms with E-state index in [2.05, 4.69) is 32.2 Å². The zero-order valence-electron chi connectivity index (χ0n) is 15.2. The number of hydrogen-bond donors (Lipinski definition) is 4. The fraction of sp³-hybridized carbons (Fsp3) is 0.421. The lowest BCUT2D eigenvalue weighted by Crippen LogP contribution is -2.37. The number of nitrogens with one attached hydrogen (secondary N) is 4. The number of amides is 3. The minimum atomic E-state index is -0.174. The number of aryl methyl sites for hydroxylation is 3. The monoisotopic (exact) mass is 355 g/mol. The predicted octanol–water partition coefficient (Wildman–Crippen LogP) is 2.60. The first-order valence-corrected chi connectivity index (χ1v) is 8.99. The van der Waals surface area contributed by atoms with Crippen LogP contribution in [0.25, 0.3) is 0 Å². The standard InChI is InChI=1S/C19H25N5O2/c1-12(14-5-7-17-15(10-14)6-8-18(25)23-17)22-19(26)20-9-3-4-16-11-21-24-13(16)2/h5,7,10-12H,3-4,6,8-9H2,1-2H3,(H,21,24)(H,23,25)(H2,20,22,26)/t12-/m1/s1. The van der Waals surface area contributed by atoms with Crippen LogP contribution in [0.4, 0.5) is 10.5 Å². The molecule has 0 unspecified atom stereocenters. The quantitative estimate of drug-likeness (QED) is 0.599. The fourth-order valence-corrected chi connectivity index (χ4v) is 3.11. The number of nitrogens with zero attached hydrogens (tertiary/aromatic N) is 1. The number of carbonyl (C=O) groups is 2. The second kappa shape index (κ2) is 8.03. The molecule has 0 saturated heterocycles. The lowest BCUT2D eigenvalue weighted by atomic mass is 9.98. The zero-order valence-corrected chi connectivity index (χ0v) is 15.2. The third-order valence-corrected chi connectivity index (χ3v) is 4.72. The molecule has 0 saturated carbocycles. The Bertz CT molecular complexity index is 799. The number of hydrogen-bond acceptors (Lipinski definition) is 3. The number of benzene rings is 1. The van der Waals surface area contributed by atoms with Gasteiger partial charge in [0.05, 0.1) is 12.2 Å². The molecule has 138 valence electrons. The van der Waals surface area contributed by atoms with Gasteiger partial charge in [0, 0.05) is 24.3 Å². The summed E-state index contributed by atoms with van der Waals surface area (Å²) in [5.41, 5.74) is 5.28. The molecule has 1 aliphatic rings. The molecule has 26 heavy (non-hydrogen) atoms. The van der Waals surface area contributed by atoms with Crippen molar-refractivity contribution in [1.29, 1.82) is 0 Å². The van der Waals surface area contributed by atoms with Crippen molar-refractivity contribution in [2.45, 2.75) is 45.6 Å². The van der Waals surface area contributed by atoms with Gasteiger partial charge in [-0.2, -0.15) is 5.10 Å². The Labute approximate surface area is 153 Å². The molecule has 1 aromatic heterocycles. The normalized spacial score (nSPS) is 14.3. The SMILES string of the molecule is Cc1[nH]ncc1CCCNC(=O)N[C@H](C)c1ccc2c(c1)CCC(=O)N2. The number of anilines is 1. The predicted molar refractivity (Wildman–Crippen MR) is 100.0 cm³/mol. The van der Waals surface area contributed by atoms with Gasteiger partial charge in [0.1, 0.15) is 0 Å². The molecular weight excluding hydrogens is 330 g/mol. The van der Waals surface area contributed by atoms with Gasteiger partial charge in [-0.1, -0.05) is 12.1 Å². The van der Waals surface area contributed by atoms with Gasteiger partial charge in [0.15, 0.2) is 0 Å². The maximum atomic E-state index is 12.1. The number of aromatic amines is 1. The fourth-order valence-electron chi connectivity index (χ4n) is 3.11. The van der Waals surface area contributed by atoms with E-state index in [4.69, 9.17) is 0 Å². The molecule has 0 bridgehead atoms. The van der Waals surface area contributed by atoms with E-state index < -0.39 is 0 Å². The van der Waals surface area contributed by atoms with Gasteiger partial charge in [0.2, 0.25) is 5.91 Å². The zero-order chi connectivity index (χ0) is 18.5. The van der Waals surface area contributed by atoms with Crippen molar-refractivity contribution in [3.05, 3.63) is 46.8 Å². The van der Waals surface area contributed by atoms with E-state index in [1.165, 1.54) is 5.56 Å². The van der Waals surface area contributed by atoms with E-state index in [1.54, 1.807) is 0 Å². The Hall–Kier alpha value is -2.83. The van der Waals surface area contributed by atoms with Crippen molar-refractivity contribution >= 4 is 17.6 Å². The van der Waals surface area contributed by atoms with Crippen LogP contribution in [0.3, 0.4) is 0 Å². The van der Waals surface area contributed by atoms with Crippen LogP contribution in [-0.4, -0.2) is 28.7 Å². The Kier molecular flexibility index (Phi) is 5.55. The van der Waals surface area contributed by atoms with Crippen molar-refractivity contribution in [2.24, 2.45) is 0 Å². The molecule has 0 aliphatic carbocycles. The van der Waals surface area contributed by atoms with Gasteiger partial charge in [-0.15, -0.1) is 0 Å². The van der Waals surface area contributed by atoms with Crippen LogP contribution in [-0.2, 0) is 17.6 Å². The molecule has 2 aromatic rings. The van der Waals surface area contributed by atoms with Gasteiger partial charge in [-0.25, -0.2) is 4.79 Å². The summed E-state index contributed by atoms with van der Waals surface area (Å²) in [4.78, 5) is 23.5. The van der Waals surface area contributed by atoms with Crippen LogP contribution in [0.1, 0.15) is 48.2 Å². The molecule has 0 radical (unpaired) electrons. The summed E-state index contributed by atoms with van der Waals surface area (Å²) in [6.45, 7) is 4.56. The van der Waals surface area contributed by atoms with Crippen molar-refractivity contribution in [2.75, 3.05) is 11.9 Å². The van der Waals surface area contributed by atoms with E-state index >= 15 is 0 Å². The van der Waals surface area contributed by atoms with Gasteiger partial charge in [0.25, 0.3) is 0 Å². The van der Waals surface area contributed by atoms with Crippen molar-refractivity contribution in [3.63, 3.8) is 0 Å². The van der Waals surface area contributed by atoms with Gasteiger partial charge in [-0.05, 0) is 55.9 Å². The van der Waals surface area contributed by atoms with E-state index in [-0.39, 0.29) is 18.0 Å². The van der Waals surface area contributed by atoms with Crippen molar-refractivity contribution in [1.82, 2.24) is 20.8 Å². The average Bonchev–Trinajstić information content (AvgIpc) is 3.03. The lowest BCUT2D eigenvalue weighted by Gasteiger charge is -2.20. The topological polar surface area (TPSA) is 98.9 Å². The first-order valence-electron chi connectivity index (χ1n) is 8.99. The first kappa shape index (κ1) is 18.0. The number of H-pyrrole nitrogens is 1. The lowest BCUT2D eigenvalue weighted by molar-refractivity contribution is -0.116. The smallest absolute Gasteiger partial charge is 0.315 e. The van der Waals surface area contributed by atoms with E-state index in [9.17, 15) is 9.59 Å².